The second-order valence-corrected chi connectivity index (χ2v) is 6.89. The van der Waals surface area contributed by atoms with Crippen LogP contribution >= 0.6 is 0 Å². The number of amides is 1. The molecule has 7 nitrogen and oxygen atoms in total. The number of aromatic nitrogens is 3. The first-order chi connectivity index (χ1) is 13.2. The van der Waals surface area contributed by atoms with Gasteiger partial charge in [-0.25, -0.2) is 0 Å². The van der Waals surface area contributed by atoms with Crippen LogP contribution in [0.2, 0.25) is 0 Å². The molecule has 0 bridgehead atoms. The lowest BCUT2D eigenvalue weighted by Gasteiger charge is -2.35. The number of carbonyl (C=O) groups is 2. The van der Waals surface area contributed by atoms with E-state index >= 15 is 0 Å². The third-order valence-electron chi connectivity index (χ3n) is 4.93. The molecule has 7 heteroatoms. The molecule has 138 valence electrons. The van der Waals surface area contributed by atoms with Crippen LogP contribution in [0.3, 0.4) is 0 Å². The number of aryl methyl sites for hydroxylation is 1. The van der Waals surface area contributed by atoms with Crippen LogP contribution in [-0.4, -0.2) is 33.2 Å². The van der Waals surface area contributed by atoms with E-state index in [1.807, 2.05) is 30.3 Å². The first kappa shape index (κ1) is 17.2. The Morgan fingerprint density at radius 3 is 2.85 bits per heavy atom. The van der Waals surface area contributed by atoms with Gasteiger partial charge in [0.1, 0.15) is 5.69 Å². The van der Waals surface area contributed by atoms with Gasteiger partial charge in [0, 0.05) is 30.4 Å². The van der Waals surface area contributed by atoms with Crippen molar-refractivity contribution in [2.24, 2.45) is 5.92 Å². The van der Waals surface area contributed by atoms with Crippen molar-refractivity contribution in [3.63, 3.8) is 0 Å². The minimum atomic E-state index is -0.226. The quantitative estimate of drug-likeness (QED) is 0.651. The number of hydrogen-bond acceptors (Lipinski definition) is 5. The molecule has 0 saturated heterocycles. The molecule has 1 fully saturated rings. The third-order valence-corrected chi connectivity index (χ3v) is 4.93. The average Bonchev–Trinajstić information content (AvgIpc) is 3.33. The topological polar surface area (TPSA) is 90.0 Å². The number of nitrogens with one attached hydrogen (secondary N) is 1. The molecule has 3 aromatic rings. The monoisotopic (exact) mass is 364 g/mol. The van der Waals surface area contributed by atoms with E-state index in [1.165, 1.54) is 0 Å². The fourth-order valence-electron chi connectivity index (χ4n) is 3.35. The SMILES string of the molecule is O=Cc1cnn(CCC2CC(NC(=O)c3cc(-c4ccccc4)no3)C2)c1. The van der Waals surface area contributed by atoms with Gasteiger partial charge in [0.15, 0.2) is 6.29 Å². The van der Waals surface area contributed by atoms with E-state index in [9.17, 15) is 9.59 Å². The van der Waals surface area contributed by atoms with Crippen molar-refractivity contribution in [2.75, 3.05) is 0 Å². The van der Waals surface area contributed by atoms with Crippen molar-refractivity contribution in [1.29, 1.82) is 0 Å². The van der Waals surface area contributed by atoms with Gasteiger partial charge in [-0.3, -0.25) is 14.3 Å². The number of aldehydes is 1. The molecule has 1 saturated carbocycles. The molecule has 27 heavy (non-hydrogen) atoms. The highest BCUT2D eigenvalue weighted by molar-refractivity contribution is 5.92. The van der Waals surface area contributed by atoms with Crippen molar-refractivity contribution < 1.29 is 14.1 Å². The summed E-state index contributed by atoms with van der Waals surface area (Å²) in [5, 5.41) is 11.1. The summed E-state index contributed by atoms with van der Waals surface area (Å²) in [6, 6.07) is 11.4. The van der Waals surface area contributed by atoms with E-state index in [0.29, 0.717) is 17.2 Å². The van der Waals surface area contributed by atoms with Crippen LogP contribution in [0.1, 0.15) is 40.2 Å². The van der Waals surface area contributed by atoms with Crippen LogP contribution < -0.4 is 5.32 Å². The number of rotatable bonds is 7. The molecule has 1 amide bonds. The molecule has 4 rings (SSSR count). The molecule has 1 aliphatic carbocycles. The molecule has 0 radical (unpaired) electrons. The Bertz CT molecular complexity index is 926. The highest BCUT2D eigenvalue weighted by Crippen LogP contribution is 2.31. The van der Waals surface area contributed by atoms with Crippen LogP contribution in [0.25, 0.3) is 11.3 Å². The van der Waals surface area contributed by atoms with Gasteiger partial charge in [0.05, 0.1) is 11.8 Å². The summed E-state index contributed by atoms with van der Waals surface area (Å²) in [7, 11) is 0. The summed E-state index contributed by atoms with van der Waals surface area (Å²) in [6.07, 6.45) is 6.97. The Labute approximate surface area is 156 Å². The lowest BCUT2D eigenvalue weighted by atomic mass is 9.78. The first-order valence-corrected chi connectivity index (χ1v) is 9.02. The van der Waals surface area contributed by atoms with Crippen LogP contribution in [0.4, 0.5) is 0 Å². The molecular formula is C20H20N4O3. The molecule has 2 heterocycles. The van der Waals surface area contributed by atoms with Gasteiger partial charge in [0.2, 0.25) is 5.76 Å². The summed E-state index contributed by atoms with van der Waals surface area (Å²) in [5.74, 6) is 0.555. The highest BCUT2D eigenvalue weighted by Gasteiger charge is 2.31. The van der Waals surface area contributed by atoms with Gasteiger partial charge < -0.3 is 9.84 Å². The third kappa shape index (κ3) is 3.97. The minimum Gasteiger partial charge on any atom is -0.350 e. The Kier molecular flexibility index (Phi) is 4.82. The van der Waals surface area contributed by atoms with Crippen LogP contribution in [0, 0.1) is 5.92 Å². The fourth-order valence-corrected chi connectivity index (χ4v) is 3.35. The maximum absolute atomic E-state index is 12.3. The summed E-state index contributed by atoms with van der Waals surface area (Å²) >= 11 is 0. The van der Waals surface area contributed by atoms with Gasteiger partial charge in [-0.2, -0.15) is 5.10 Å². The lowest BCUT2D eigenvalue weighted by Crippen LogP contribution is -2.44. The largest absolute Gasteiger partial charge is 0.350 e. The molecule has 0 atom stereocenters. The van der Waals surface area contributed by atoms with Gasteiger partial charge in [-0.1, -0.05) is 35.5 Å². The van der Waals surface area contributed by atoms with Crippen LogP contribution in [0.15, 0.2) is 53.3 Å². The second kappa shape index (κ2) is 7.57. The minimum absolute atomic E-state index is 0.163. The lowest BCUT2D eigenvalue weighted by molar-refractivity contribution is 0.0845. The van der Waals surface area contributed by atoms with E-state index in [1.54, 1.807) is 23.1 Å². The molecule has 1 N–H and O–H groups in total. The van der Waals surface area contributed by atoms with Crippen molar-refractivity contribution in [2.45, 2.75) is 31.8 Å². The maximum Gasteiger partial charge on any atom is 0.290 e. The number of carbonyl (C=O) groups excluding carboxylic acids is 2. The van der Waals surface area contributed by atoms with Crippen LogP contribution in [-0.2, 0) is 6.54 Å². The zero-order valence-electron chi connectivity index (χ0n) is 14.7. The van der Waals surface area contributed by atoms with Crippen molar-refractivity contribution in [3.05, 3.63) is 60.1 Å². The first-order valence-electron chi connectivity index (χ1n) is 9.02. The normalized spacial score (nSPS) is 18.7. The summed E-state index contributed by atoms with van der Waals surface area (Å²) in [4.78, 5) is 23.0. The van der Waals surface area contributed by atoms with E-state index in [-0.39, 0.29) is 17.7 Å². The standard InChI is InChI=1S/C20H20N4O3/c25-13-15-11-21-24(12-15)7-6-14-8-17(9-14)22-20(26)19-10-18(23-27-19)16-4-2-1-3-5-16/h1-5,10-14,17H,6-9H2,(H,22,26). The van der Waals surface area contributed by atoms with E-state index in [2.05, 4.69) is 15.6 Å². The average molecular weight is 364 g/mol. The fraction of sp³-hybridized carbons (Fsp3) is 0.300. The number of benzene rings is 1. The summed E-state index contributed by atoms with van der Waals surface area (Å²) in [5.41, 5.74) is 2.16. The maximum atomic E-state index is 12.3. The van der Waals surface area contributed by atoms with Gasteiger partial charge in [-0.15, -0.1) is 0 Å². The second-order valence-electron chi connectivity index (χ2n) is 6.89. The van der Waals surface area contributed by atoms with Crippen molar-refractivity contribution in [1.82, 2.24) is 20.3 Å². The smallest absolute Gasteiger partial charge is 0.290 e. The Morgan fingerprint density at radius 1 is 1.30 bits per heavy atom. The Balaban J connectivity index is 1.23. The molecule has 1 aromatic carbocycles. The van der Waals surface area contributed by atoms with E-state index in [0.717, 1.165) is 37.7 Å². The van der Waals surface area contributed by atoms with Crippen molar-refractivity contribution >= 4 is 12.2 Å². The molecular weight excluding hydrogens is 344 g/mol. The Hall–Kier alpha value is -3.22. The van der Waals surface area contributed by atoms with E-state index in [4.69, 9.17) is 4.52 Å². The zero-order chi connectivity index (χ0) is 18.6. The molecule has 0 aliphatic heterocycles. The van der Waals surface area contributed by atoms with Crippen LogP contribution in [0.5, 0.6) is 0 Å². The number of nitrogens with zero attached hydrogens (tertiary/aromatic N) is 3. The predicted molar refractivity (Wildman–Crippen MR) is 98.1 cm³/mol. The predicted octanol–water partition coefficient (Wildman–Crippen LogP) is 2.95. The van der Waals surface area contributed by atoms with E-state index < -0.39 is 0 Å². The highest BCUT2D eigenvalue weighted by atomic mass is 16.5. The number of hydrogen-bond donors (Lipinski definition) is 1. The van der Waals surface area contributed by atoms with Gasteiger partial charge in [0.25, 0.3) is 5.91 Å². The summed E-state index contributed by atoms with van der Waals surface area (Å²) in [6.45, 7) is 0.779. The van der Waals surface area contributed by atoms with Crippen molar-refractivity contribution in [3.8, 4) is 11.3 Å². The molecule has 1 aliphatic rings. The Morgan fingerprint density at radius 2 is 2.11 bits per heavy atom. The molecule has 0 unspecified atom stereocenters. The van der Waals surface area contributed by atoms with Gasteiger partial charge in [-0.05, 0) is 25.2 Å². The molecule has 0 spiro atoms. The summed E-state index contributed by atoms with van der Waals surface area (Å²) < 4.78 is 6.98. The zero-order valence-corrected chi connectivity index (χ0v) is 14.7. The molecule has 2 aromatic heterocycles. The van der Waals surface area contributed by atoms with Gasteiger partial charge >= 0.3 is 0 Å².